The fourth-order valence-corrected chi connectivity index (χ4v) is 3.16. The molecule has 1 saturated heterocycles. The van der Waals surface area contributed by atoms with Crippen LogP contribution in [0.5, 0.6) is 0 Å². The highest BCUT2D eigenvalue weighted by molar-refractivity contribution is 9.10. The van der Waals surface area contributed by atoms with E-state index in [0.717, 1.165) is 10.0 Å². The lowest BCUT2D eigenvalue weighted by atomic mass is 9.99. The number of carbonyl (C=O) groups excluding carboxylic acids is 2. The molecule has 2 heterocycles. The highest BCUT2D eigenvalue weighted by atomic mass is 79.9. The van der Waals surface area contributed by atoms with Gasteiger partial charge in [0.25, 0.3) is 0 Å². The topological polar surface area (TPSA) is 49.9 Å². The number of carbonyl (C=O) groups is 2. The van der Waals surface area contributed by atoms with Gasteiger partial charge in [-0.2, -0.15) is 0 Å². The quantitative estimate of drug-likeness (QED) is 0.785. The molecule has 0 aliphatic carbocycles. The number of nitrogens with zero attached hydrogens (tertiary/aromatic N) is 2. The predicted octanol–water partition coefficient (Wildman–Crippen LogP) is 2.40. The summed E-state index contributed by atoms with van der Waals surface area (Å²) >= 11 is 3.45. The third-order valence-corrected chi connectivity index (χ3v) is 4.11. The van der Waals surface area contributed by atoms with Crippen LogP contribution < -0.4 is 0 Å². The van der Waals surface area contributed by atoms with Crippen molar-refractivity contribution in [3.05, 3.63) is 46.1 Å². The van der Waals surface area contributed by atoms with Crippen LogP contribution in [0, 0.1) is 0 Å². The summed E-state index contributed by atoms with van der Waals surface area (Å²) in [4.78, 5) is 24.1. The molecule has 0 aromatic heterocycles. The largest absolute Gasteiger partial charge is 0.463 e. The van der Waals surface area contributed by atoms with Crippen molar-refractivity contribution in [2.45, 2.75) is 19.4 Å². The summed E-state index contributed by atoms with van der Waals surface area (Å²) in [5, 5.41) is 3.45. The Balaban J connectivity index is 2.01. The molecule has 1 fully saturated rings. The van der Waals surface area contributed by atoms with Crippen molar-refractivity contribution in [1.82, 2.24) is 10.0 Å². The maximum absolute atomic E-state index is 12.2. The first kappa shape index (κ1) is 14.3. The predicted molar refractivity (Wildman–Crippen MR) is 79.8 cm³/mol. The molecule has 1 amide bonds. The van der Waals surface area contributed by atoms with E-state index in [1.165, 1.54) is 5.01 Å². The molecule has 6 heteroatoms. The van der Waals surface area contributed by atoms with Gasteiger partial charge in [0.2, 0.25) is 5.91 Å². The first-order chi connectivity index (χ1) is 10.1. The number of rotatable bonds is 3. The third kappa shape index (κ3) is 2.49. The molecular weight excluding hydrogens is 336 g/mol. The number of amides is 1. The van der Waals surface area contributed by atoms with Crippen LogP contribution in [-0.2, 0) is 14.3 Å². The number of ether oxygens (including phenoxy) is 1. The van der Waals surface area contributed by atoms with Crippen molar-refractivity contribution in [3.63, 3.8) is 0 Å². The fourth-order valence-electron chi connectivity index (χ4n) is 2.75. The van der Waals surface area contributed by atoms with Crippen LogP contribution in [0.15, 0.2) is 40.5 Å². The third-order valence-electron chi connectivity index (χ3n) is 3.62. The molecule has 3 rings (SSSR count). The summed E-state index contributed by atoms with van der Waals surface area (Å²) in [6.07, 6.45) is 2.08. The summed E-state index contributed by atoms with van der Waals surface area (Å²) in [5.41, 5.74) is 1.46. The monoisotopic (exact) mass is 350 g/mol. The maximum Gasteiger partial charge on any atom is 0.337 e. The lowest BCUT2D eigenvalue weighted by Crippen LogP contribution is -2.33. The normalized spacial score (nSPS) is 21.4. The van der Waals surface area contributed by atoms with Crippen molar-refractivity contribution in [1.29, 1.82) is 0 Å². The number of hydrazine groups is 1. The van der Waals surface area contributed by atoms with Gasteiger partial charge in [-0.15, -0.1) is 0 Å². The molecule has 0 bridgehead atoms. The van der Waals surface area contributed by atoms with Gasteiger partial charge in [0.05, 0.1) is 18.2 Å². The standard InChI is InChI=1S/C15H15BrN2O3/c1-2-21-15(20)12-9-18-13(19)6-7-17(18)14(12)10-4-3-5-11(16)8-10/h3-5,8-9,14H,2,6-7H2,1H3/t14-/m1/s1. The number of halogens is 1. The molecule has 0 radical (unpaired) electrons. The van der Waals surface area contributed by atoms with Crippen molar-refractivity contribution >= 4 is 27.8 Å². The molecule has 1 aromatic carbocycles. The summed E-state index contributed by atoms with van der Waals surface area (Å²) < 4.78 is 6.06. The highest BCUT2D eigenvalue weighted by Crippen LogP contribution is 2.40. The molecule has 21 heavy (non-hydrogen) atoms. The van der Waals surface area contributed by atoms with Crippen LogP contribution in [0.25, 0.3) is 0 Å². The van der Waals surface area contributed by atoms with Crippen molar-refractivity contribution < 1.29 is 14.3 Å². The average Bonchev–Trinajstić information content (AvgIpc) is 2.99. The first-order valence-corrected chi connectivity index (χ1v) is 7.64. The molecule has 0 unspecified atom stereocenters. The van der Waals surface area contributed by atoms with Gasteiger partial charge in [0, 0.05) is 23.6 Å². The van der Waals surface area contributed by atoms with Gasteiger partial charge in [-0.1, -0.05) is 28.1 Å². The minimum absolute atomic E-state index is 0.00861. The van der Waals surface area contributed by atoms with E-state index in [1.54, 1.807) is 13.1 Å². The molecule has 1 aromatic rings. The van der Waals surface area contributed by atoms with E-state index in [9.17, 15) is 9.59 Å². The molecule has 0 saturated carbocycles. The van der Waals surface area contributed by atoms with E-state index in [4.69, 9.17) is 4.74 Å². The summed E-state index contributed by atoms with van der Waals surface area (Å²) in [5.74, 6) is -0.362. The number of hydrogen-bond donors (Lipinski definition) is 0. The molecular formula is C15H15BrN2O3. The zero-order valence-electron chi connectivity index (χ0n) is 11.6. The van der Waals surface area contributed by atoms with Crippen molar-refractivity contribution in [2.24, 2.45) is 0 Å². The Morgan fingerprint density at radius 1 is 1.48 bits per heavy atom. The summed E-state index contributed by atoms with van der Waals surface area (Å²) in [7, 11) is 0. The molecule has 2 aliphatic heterocycles. The summed E-state index contributed by atoms with van der Waals surface area (Å²) in [6.45, 7) is 2.69. The minimum atomic E-state index is -0.371. The van der Waals surface area contributed by atoms with Crippen LogP contribution in [0.1, 0.15) is 24.9 Å². The zero-order chi connectivity index (χ0) is 15.0. The maximum atomic E-state index is 12.2. The van der Waals surface area contributed by atoms with E-state index in [2.05, 4.69) is 15.9 Å². The van der Waals surface area contributed by atoms with E-state index in [0.29, 0.717) is 25.1 Å². The summed E-state index contributed by atoms with van der Waals surface area (Å²) in [6, 6.07) is 7.49. The Labute approximate surface area is 131 Å². The van der Waals surface area contributed by atoms with Crippen LogP contribution in [-0.4, -0.2) is 35.0 Å². The van der Waals surface area contributed by atoms with Crippen LogP contribution in [0.3, 0.4) is 0 Å². The number of hydrogen-bond acceptors (Lipinski definition) is 4. The van der Waals surface area contributed by atoms with Crippen LogP contribution in [0.2, 0.25) is 0 Å². The zero-order valence-corrected chi connectivity index (χ0v) is 13.2. The Morgan fingerprint density at radius 3 is 3.00 bits per heavy atom. The van der Waals surface area contributed by atoms with Crippen molar-refractivity contribution in [3.8, 4) is 0 Å². The van der Waals surface area contributed by atoms with E-state index >= 15 is 0 Å². The van der Waals surface area contributed by atoms with E-state index < -0.39 is 0 Å². The second-order valence-electron chi connectivity index (χ2n) is 4.91. The molecule has 5 nitrogen and oxygen atoms in total. The SMILES string of the molecule is CCOC(=O)C1=CN2C(=O)CCN2[C@@H]1c1cccc(Br)c1. The Kier molecular flexibility index (Phi) is 3.82. The minimum Gasteiger partial charge on any atom is -0.463 e. The Morgan fingerprint density at radius 2 is 2.29 bits per heavy atom. The second-order valence-corrected chi connectivity index (χ2v) is 5.83. The first-order valence-electron chi connectivity index (χ1n) is 6.84. The van der Waals surface area contributed by atoms with Gasteiger partial charge in [-0.05, 0) is 24.6 Å². The lowest BCUT2D eigenvalue weighted by molar-refractivity contribution is -0.139. The second kappa shape index (κ2) is 5.61. The fraction of sp³-hybridized carbons (Fsp3) is 0.333. The van der Waals surface area contributed by atoms with Crippen molar-refractivity contribution in [2.75, 3.05) is 13.2 Å². The van der Waals surface area contributed by atoms with Gasteiger partial charge in [-0.25, -0.2) is 14.8 Å². The lowest BCUT2D eigenvalue weighted by Gasteiger charge is -2.26. The van der Waals surface area contributed by atoms with Gasteiger partial charge in [0.1, 0.15) is 0 Å². The Bertz CT molecular complexity index is 629. The highest BCUT2D eigenvalue weighted by Gasteiger charge is 2.44. The van der Waals surface area contributed by atoms with E-state index in [1.807, 2.05) is 29.3 Å². The number of benzene rings is 1. The number of fused-ring (bicyclic) bond motifs is 1. The van der Waals surface area contributed by atoms with E-state index in [-0.39, 0.29) is 17.9 Å². The molecule has 2 aliphatic rings. The van der Waals surface area contributed by atoms with Gasteiger partial charge in [0.15, 0.2) is 0 Å². The molecule has 0 N–H and O–H groups in total. The smallest absolute Gasteiger partial charge is 0.337 e. The van der Waals surface area contributed by atoms with Gasteiger partial charge < -0.3 is 4.74 Å². The van der Waals surface area contributed by atoms with Crippen LogP contribution in [0.4, 0.5) is 0 Å². The molecule has 1 atom stereocenters. The van der Waals surface area contributed by atoms with Gasteiger partial charge in [-0.3, -0.25) is 4.79 Å². The number of esters is 1. The average molecular weight is 351 g/mol. The molecule has 0 spiro atoms. The van der Waals surface area contributed by atoms with Gasteiger partial charge >= 0.3 is 5.97 Å². The Hall–Kier alpha value is -1.66. The molecule has 110 valence electrons. The van der Waals surface area contributed by atoms with Crippen LogP contribution >= 0.6 is 15.9 Å².